The van der Waals surface area contributed by atoms with Crippen molar-refractivity contribution in [3.8, 4) is 0 Å². The molecule has 0 amide bonds. The summed E-state index contributed by atoms with van der Waals surface area (Å²) in [6, 6.07) is 0. The summed E-state index contributed by atoms with van der Waals surface area (Å²) in [6.07, 6.45) is 3.15. The Balaban J connectivity index is 2.23. The molecule has 1 N–H and O–H groups in total. The highest BCUT2D eigenvalue weighted by Gasteiger charge is 2.07. The largest absolute Gasteiger partial charge is 0.396 e. The van der Waals surface area contributed by atoms with Crippen LogP contribution in [-0.4, -0.2) is 27.6 Å². The highest BCUT2D eigenvalue weighted by atomic mass is 32.2. The quantitative estimate of drug-likeness (QED) is 0.760. The third kappa shape index (κ3) is 4.99. The third-order valence-electron chi connectivity index (χ3n) is 2.20. The van der Waals surface area contributed by atoms with Crippen LogP contribution in [0.3, 0.4) is 0 Å². The summed E-state index contributed by atoms with van der Waals surface area (Å²) in [7, 11) is 0. The van der Waals surface area contributed by atoms with E-state index in [1.54, 1.807) is 11.8 Å². The van der Waals surface area contributed by atoms with E-state index in [0.717, 1.165) is 36.6 Å². The number of rotatable bonds is 8. The van der Waals surface area contributed by atoms with Gasteiger partial charge in [-0.3, -0.25) is 0 Å². The second-order valence-corrected chi connectivity index (χ2v) is 5.04. The van der Waals surface area contributed by atoms with Gasteiger partial charge in [0.05, 0.1) is 5.75 Å². The standard InChI is InChI=1S/C11H20N2O2S/c1-3-4-5-10-12-11(15-13-10)8-16-7-9(2)6-14/h9,14H,3-8H2,1-2H3. The molecule has 0 aliphatic carbocycles. The zero-order valence-electron chi connectivity index (χ0n) is 9.98. The van der Waals surface area contributed by atoms with Gasteiger partial charge in [-0.25, -0.2) is 0 Å². The maximum atomic E-state index is 8.87. The smallest absolute Gasteiger partial charge is 0.236 e. The summed E-state index contributed by atoms with van der Waals surface area (Å²) in [5, 5.41) is 12.8. The Morgan fingerprint density at radius 2 is 2.31 bits per heavy atom. The van der Waals surface area contributed by atoms with E-state index < -0.39 is 0 Å². The predicted octanol–water partition coefficient (Wildman–Crippen LogP) is 2.27. The second kappa shape index (κ2) is 7.68. The van der Waals surface area contributed by atoms with Crippen molar-refractivity contribution in [3.05, 3.63) is 11.7 Å². The first kappa shape index (κ1) is 13.5. The number of hydrogen-bond acceptors (Lipinski definition) is 5. The van der Waals surface area contributed by atoms with Crippen molar-refractivity contribution in [1.29, 1.82) is 0 Å². The van der Waals surface area contributed by atoms with Crippen molar-refractivity contribution in [2.24, 2.45) is 5.92 Å². The second-order valence-electron chi connectivity index (χ2n) is 4.01. The van der Waals surface area contributed by atoms with Gasteiger partial charge in [-0.2, -0.15) is 16.7 Å². The van der Waals surface area contributed by atoms with Gasteiger partial charge in [-0.05, 0) is 18.1 Å². The first-order chi connectivity index (χ1) is 7.76. The molecule has 0 aromatic carbocycles. The van der Waals surface area contributed by atoms with Gasteiger partial charge in [0, 0.05) is 13.0 Å². The van der Waals surface area contributed by atoms with E-state index in [1.165, 1.54) is 0 Å². The molecule has 1 rings (SSSR count). The van der Waals surface area contributed by atoms with Gasteiger partial charge >= 0.3 is 0 Å². The average molecular weight is 244 g/mol. The van der Waals surface area contributed by atoms with Gasteiger partial charge in [0.15, 0.2) is 5.82 Å². The number of aliphatic hydroxyl groups is 1. The molecule has 4 nitrogen and oxygen atoms in total. The van der Waals surface area contributed by atoms with Gasteiger partial charge in [-0.15, -0.1) is 0 Å². The number of hydrogen-bond donors (Lipinski definition) is 1. The Hall–Kier alpha value is -0.550. The van der Waals surface area contributed by atoms with E-state index in [2.05, 4.69) is 17.1 Å². The molecule has 1 aromatic heterocycles. The molecule has 0 fully saturated rings. The molecule has 0 bridgehead atoms. The lowest BCUT2D eigenvalue weighted by atomic mass is 10.2. The zero-order valence-corrected chi connectivity index (χ0v) is 10.8. The minimum Gasteiger partial charge on any atom is -0.396 e. The van der Waals surface area contributed by atoms with Gasteiger partial charge in [0.25, 0.3) is 0 Å². The van der Waals surface area contributed by atoms with E-state index in [1.807, 2.05) is 6.92 Å². The van der Waals surface area contributed by atoms with Crippen molar-refractivity contribution in [1.82, 2.24) is 10.1 Å². The highest BCUT2D eigenvalue weighted by molar-refractivity contribution is 7.98. The first-order valence-corrected chi connectivity index (χ1v) is 6.91. The first-order valence-electron chi connectivity index (χ1n) is 5.76. The monoisotopic (exact) mass is 244 g/mol. The molecule has 0 aliphatic heterocycles. The highest BCUT2D eigenvalue weighted by Crippen LogP contribution is 2.14. The van der Waals surface area contributed by atoms with E-state index in [0.29, 0.717) is 11.8 Å². The SMILES string of the molecule is CCCCc1noc(CSCC(C)CO)n1. The molecule has 0 saturated heterocycles. The van der Waals surface area contributed by atoms with Crippen LogP contribution in [0.1, 0.15) is 38.4 Å². The van der Waals surface area contributed by atoms with Crippen molar-refractivity contribution >= 4 is 11.8 Å². The van der Waals surface area contributed by atoms with E-state index in [9.17, 15) is 0 Å². The van der Waals surface area contributed by atoms with Crippen molar-refractivity contribution in [2.75, 3.05) is 12.4 Å². The molecule has 0 radical (unpaired) electrons. The Kier molecular flexibility index (Phi) is 6.49. The average Bonchev–Trinajstić information content (AvgIpc) is 2.74. The van der Waals surface area contributed by atoms with Crippen LogP contribution in [0.15, 0.2) is 4.52 Å². The molecular formula is C11H20N2O2S. The maximum Gasteiger partial charge on any atom is 0.236 e. The lowest BCUT2D eigenvalue weighted by molar-refractivity contribution is 0.250. The lowest BCUT2D eigenvalue weighted by Crippen LogP contribution is -2.03. The van der Waals surface area contributed by atoms with Crippen LogP contribution in [0.2, 0.25) is 0 Å². The van der Waals surface area contributed by atoms with E-state index in [-0.39, 0.29) is 6.61 Å². The number of aryl methyl sites for hydroxylation is 1. The zero-order chi connectivity index (χ0) is 11.8. The summed E-state index contributed by atoms with van der Waals surface area (Å²) in [5.74, 6) is 3.49. The number of aliphatic hydroxyl groups excluding tert-OH is 1. The minimum atomic E-state index is 0.235. The molecule has 92 valence electrons. The predicted molar refractivity (Wildman–Crippen MR) is 65.3 cm³/mol. The van der Waals surface area contributed by atoms with Crippen molar-refractivity contribution in [2.45, 2.75) is 38.9 Å². The normalized spacial score (nSPS) is 12.9. The number of unbranched alkanes of at least 4 members (excludes halogenated alkanes) is 1. The number of thioether (sulfide) groups is 1. The molecule has 0 spiro atoms. The molecule has 16 heavy (non-hydrogen) atoms. The molecule has 1 unspecified atom stereocenters. The van der Waals surface area contributed by atoms with Crippen LogP contribution >= 0.6 is 11.8 Å². The summed E-state index contributed by atoms with van der Waals surface area (Å²) in [6.45, 7) is 4.40. The van der Waals surface area contributed by atoms with Crippen molar-refractivity contribution in [3.63, 3.8) is 0 Å². The molecule has 1 atom stereocenters. The molecule has 0 aliphatic rings. The van der Waals surface area contributed by atoms with Crippen LogP contribution in [0, 0.1) is 5.92 Å². The summed E-state index contributed by atoms with van der Waals surface area (Å²) >= 11 is 1.72. The van der Waals surface area contributed by atoms with Crippen molar-refractivity contribution < 1.29 is 9.63 Å². The summed E-state index contributed by atoms with van der Waals surface area (Å²) in [5.41, 5.74) is 0. The molecular weight excluding hydrogens is 224 g/mol. The van der Waals surface area contributed by atoms with Crippen LogP contribution < -0.4 is 0 Å². The Bertz CT molecular complexity index is 291. The summed E-state index contributed by atoms with van der Waals surface area (Å²) < 4.78 is 5.13. The van der Waals surface area contributed by atoms with Crippen LogP contribution in [-0.2, 0) is 12.2 Å². The maximum absolute atomic E-state index is 8.87. The lowest BCUT2D eigenvalue weighted by Gasteiger charge is -2.04. The fourth-order valence-corrected chi connectivity index (χ4v) is 2.10. The van der Waals surface area contributed by atoms with E-state index in [4.69, 9.17) is 9.63 Å². The van der Waals surface area contributed by atoms with Crippen LogP contribution in [0.5, 0.6) is 0 Å². The molecule has 1 aromatic rings. The third-order valence-corrected chi connectivity index (χ3v) is 3.46. The Morgan fingerprint density at radius 3 is 3.00 bits per heavy atom. The van der Waals surface area contributed by atoms with Crippen LogP contribution in [0.4, 0.5) is 0 Å². The van der Waals surface area contributed by atoms with Crippen LogP contribution in [0.25, 0.3) is 0 Å². The Labute approximate surface area is 101 Å². The molecule has 5 heteroatoms. The molecule has 0 saturated carbocycles. The van der Waals surface area contributed by atoms with Gasteiger partial charge in [-0.1, -0.05) is 25.4 Å². The van der Waals surface area contributed by atoms with Gasteiger partial charge < -0.3 is 9.63 Å². The minimum absolute atomic E-state index is 0.235. The topological polar surface area (TPSA) is 59.2 Å². The van der Waals surface area contributed by atoms with E-state index >= 15 is 0 Å². The molecule has 1 heterocycles. The van der Waals surface area contributed by atoms with Gasteiger partial charge in [0.1, 0.15) is 0 Å². The fourth-order valence-electron chi connectivity index (χ4n) is 1.19. The van der Waals surface area contributed by atoms with Gasteiger partial charge in [0.2, 0.25) is 5.89 Å². The Morgan fingerprint density at radius 1 is 1.50 bits per heavy atom. The number of nitrogens with zero attached hydrogens (tertiary/aromatic N) is 2. The fraction of sp³-hybridized carbons (Fsp3) is 0.818. The summed E-state index contributed by atoms with van der Waals surface area (Å²) in [4.78, 5) is 4.31. The number of aromatic nitrogens is 2.